The first-order chi connectivity index (χ1) is 14.4. The first-order valence-electron chi connectivity index (χ1n) is 9.51. The minimum Gasteiger partial charge on any atom is -0.344 e. The van der Waals surface area contributed by atoms with E-state index in [0.717, 1.165) is 11.1 Å². The number of nitrogens with one attached hydrogen (secondary N) is 2. The van der Waals surface area contributed by atoms with Crippen LogP contribution in [0, 0.1) is 0 Å². The fourth-order valence-electron chi connectivity index (χ4n) is 3.18. The Morgan fingerprint density at radius 2 is 1.80 bits per heavy atom. The minimum atomic E-state index is -1.11. The summed E-state index contributed by atoms with van der Waals surface area (Å²) in [5, 5.41) is 5.31. The zero-order chi connectivity index (χ0) is 21.7. The Morgan fingerprint density at radius 3 is 2.50 bits per heavy atom. The van der Waals surface area contributed by atoms with Crippen molar-refractivity contribution in [3.63, 3.8) is 0 Å². The zero-order valence-electron chi connectivity index (χ0n) is 17.1. The van der Waals surface area contributed by atoms with Crippen molar-refractivity contribution in [2.45, 2.75) is 19.1 Å². The molecule has 3 amide bonds. The molecule has 0 bridgehead atoms. The lowest BCUT2D eigenvalue weighted by molar-refractivity contribution is -0.130. The molecule has 30 heavy (non-hydrogen) atoms. The van der Waals surface area contributed by atoms with E-state index in [1.165, 1.54) is 16.7 Å². The summed E-state index contributed by atoms with van der Waals surface area (Å²) in [4.78, 5) is 43.7. The van der Waals surface area contributed by atoms with Crippen LogP contribution in [0.2, 0.25) is 0 Å². The van der Waals surface area contributed by atoms with Crippen LogP contribution in [0.15, 0.2) is 59.6 Å². The van der Waals surface area contributed by atoms with E-state index in [4.69, 9.17) is 0 Å². The van der Waals surface area contributed by atoms with Crippen LogP contribution in [0.4, 0.5) is 5.69 Å². The Labute approximate surface area is 179 Å². The fourth-order valence-corrected chi connectivity index (χ4v) is 3.53. The molecule has 156 valence electrons. The van der Waals surface area contributed by atoms with Gasteiger partial charge in [-0.2, -0.15) is 11.8 Å². The molecule has 7 nitrogen and oxygen atoms in total. The molecule has 0 fully saturated rings. The average Bonchev–Trinajstić information content (AvgIpc) is 2.85. The quantitative estimate of drug-likeness (QED) is 0.740. The molecule has 0 saturated heterocycles. The van der Waals surface area contributed by atoms with Gasteiger partial charge in [0.05, 0.1) is 17.2 Å². The van der Waals surface area contributed by atoms with Gasteiger partial charge in [-0.1, -0.05) is 48.5 Å². The summed E-state index contributed by atoms with van der Waals surface area (Å²) in [7, 11) is 1.66. The van der Waals surface area contributed by atoms with Crippen LogP contribution in [-0.2, 0) is 14.4 Å². The number of hydrogen-bond donors (Lipinski definition) is 2. The van der Waals surface area contributed by atoms with Crippen LogP contribution in [0.25, 0.3) is 0 Å². The van der Waals surface area contributed by atoms with Crippen LogP contribution in [0.5, 0.6) is 0 Å². The Hall–Kier alpha value is -3.13. The van der Waals surface area contributed by atoms with Crippen molar-refractivity contribution in [1.29, 1.82) is 0 Å². The van der Waals surface area contributed by atoms with E-state index in [1.807, 2.05) is 60.9 Å². The third kappa shape index (κ3) is 4.71. The lowest BCUT2D eigenvalue weighted by Gasteiger charge is -2.22. The largest absolute Gasteiger partial charge is 0.344 e. The van der Waals surface area contributed by atoms with Crippen molar-refractivity contribution >= 4 is 40.9 Å². The topological polar surface area (TPSA) is 90.9 Å². The van der Waals surface area contributed by atoms with Gasteiger partial charge in [0.2, 0.25) is 18.0 Å². The van der Waals surface area contributed by atoms with Crippen molar-refractivity contribution in [3.8, 4) is 0 Å². The Morgan fingerprint density at radius 1 is 1.13 bits per heavy atom. The van der Waals surface area contributed by atoms with Crippen molar-refractivity contribution in [2.24, 2.45) is 4.99 Å². The molecule has 1 unspecified atom stereocenters. The molecule has 0 radical (unpaired) electrons. The number of thioether (sulfide) groups is 1. The summed E-state index contributed by atoms with van der Waals surface area (Å²) in [6.45, 7) is 1.58. The maximum atomic E-state index is 13.1. The third-order valence-electron chi connectivity index (χ3n) is 4.72. The molecule has 2 aromatic carbocycles. The molecule has 0 aliphatic carbocycles. The number of carbonyl (C=O) groups excluding carboxylic acids is 3. The number of rotatable bonds is 6. The first-order valence-corrected chi connectivity index (χ1v) is 10.9. The SMILES string of the molecule is CSCC(=O)N[C@@H](C)C(=O)NC1N=C(c2ccccc2)c2ccccc2N(C)C1=O. The van der Waals surface area contributed by atoms with E-state index >= 15 is 0 Å². The van der Waals surface area contributed by atoms with Gasteiger partial charge in [0.1, 0.15) is 6.04 Å². The van der Waals surface area contributed by atoms with Gasteiger partial charge in [0.25, 0.3) is 5.91 Å². The Bertz CT molecular complexity index is 977. The second kappa shape index (κ2) is 9.58. The average molecular weight is 425 g/mol. The van der Waals surface area contributed by atoms with E-state index in [-0.39, 0.29) is 17.6 Å². The van der Waals surface area contributed by atoms with E-state index in [1.54, 1.807) is 14.0 Å². The predicted octanol–water partition coefficient (Wildman–Crippen LogP) is 1.81. The van der Waals surface area contributed by atoms with Gasteiger partial charge in [-0.15, -0.1) is 0 Å². The van der Waals surface area contributed by atoms with E-state index in [9.17, 15) is 14.4 Å². The van der Waals surface area contributed by atoms with E-state index in [2.05, 4.69) is 15.6 Å². The van der Waals surface area contributed by atoms with E-state index < -0.39 is 18.1 Å². The molecule has 2 aromatic rings. The van der Waals surface area contributed by atoms with Crippen LogP contribution in [-0.4, -0.2) is 54.7 Å². The molecule has 2 atom stereocenters. The van der Waals surface area contributed by atoms with Crippen LogP contribution in [0.1, 0.15) is 18.1 Å². The van der Waals surface area contributed by atoms with E-state index in [0.29, 0.717) is 11.4 Å². The van der Waals surface area contributed by atoms with Crippen molar-refractivity contribution in [1.82, 2.24) is 10.6 Å². The van der Waals surface area contributed by atoms with Crippen molar-refractivity contribution < 1.29 is 14.4 Å². The van der Waals surface area contributed by atoms with Gasteiger partial charge in [-0.25, -0.2) is 4.99 Å². The normalized spacial score (nSPS) is 16.8. The van der Waals surface area contributed by atoms with Gasteiger partial charge >= 0.3 is 0 Å². The van der Waals surface area contributed by atoms with Crippen molar-refractivity contribution in [2.75, 3.05) is 24.0 Å². The molecule has 0 spiro atoms. The molecule has 0 aromatic heterocycles. The summed E-state index contributed by atoms with van der Waals surface area (Å²) < 4.78 is 0. The highest BCUT2D eigenvalue weighted by molar-refractivity contribution is 7.99. The van der Waals surface area contributed by atoms with Crippen LogP contribution in [0.3, 0.4) is 0 Å². The maximum absolute atomic E-state index is 13.1. The summed E-state index contributed by atoms with van der Waals surface area (Å²) in [6.07, 6.45) is 0.701. The highest BCUT2D eigenvalue weighted by Gasteiger charge is 2.32. The number of para-hydroxylation sites is 1. The number of aliphatic imine (C=N–C) groups is 1. The van der Waals surface area contributed by atoms with Gasteiger partial charge in [0, 0.05) is 18.2 Å². The van der Waals surface area contributed by atoms with Crippen LogP contribution < -0.4 is 15.5 Å². The van der Waals surface area contributed by atoms with Gasteiger partial charge in [-0.05, 0) is 19.2 Å². The standard InChI is InChI=1S/C22H24N4O3S/c1-14(23-18(27)13-30-3)21(28)25-20-22(29)26(2)17-12-8-7-11-16(17)19(24-20)15-9-5-4-6-10-15/h4-12,14,20H,13H2,1-3H3,(H,23,27)(H,25,28)/t14-,20?/m0/s1. The summed E-state index contributed by atoms with van der Waals surface area (Å²) >= 11 is 1.37. The predicted molar refractivity (Wildman–Crippen MR) is 120 cm³/mol. The van der Waals surface area contributed by atoms with Crippen molar-refractivity contribution in [3.05, 3.63) is 65.7 Å². The second-order valence-electron chi connectivity index (χ2n) is 6.89. The lowest BCUT2D eigenvalue weighted by Crippen LogP contribution is -2.52. The number of amides is 3. The summed E-state index contributed by atoms with van der Waals surface area (Å²) in [5.74, 6) is -0.813. The zero-order valence-corrected chi connectivity index (χ0v) is 17.9. The van der Waals surface area contributed by atoms with Crippen LogP contribution >= 0.6 is 11.8 Å². The Kier molecular flexibility index (Phi) is 6.89. The molecular weight excluding hydrogens is 400 g/mol. The molecule has 1 aliphatic rings. The maximum Gasteiger partial charge on any atom is 0.272 e. The smallest absolute Gasteiger partial charge is 0.272 e. The molecular formula is C22H24N4O3S. The molecule has 0 saturated carbocycles. The van der Waals surface area contributed by atoms with Gasteiger partial charge < -0.3 is 15.5 Å². The summed E-state index contributed by atoms with van der Waals surface area (Å²) in [6, 6.07) is 16.2. The molecule has 1 aliphatic heterocycles. The number of anilines is 1. The minimum absolute atomic E-state index is 0.240. The highest BCUT2D eigenvalue weighted by atomic mass is 32.2. The first kappa shape index (κ1) is 21.6. The fraction of sp³-hybridized carbons (Fsp3) is 0.273. The van der Waals surface area contributed by atoms with Gasteiger partial charge in [-0.3, -0.25) is 14.4 Å². The monoisotopic (exact) mass is 424 g/mol. The number of benzene rings is 2. The molecule has 8 heteroatoms. The third-order valence-corrected chi connectivity index (χ3v) is 5.27. The number of likely N-dealkylation sites (N-methyl/N-ethyl adjacent to an activating group) is 1. The summed E-state index contributed by atoms with van der Waals surface area (Å²) in [5.41, 5.74) is 2.97. The number of benzodiazepines with no additional fused rings is 1. The number of fused-ring (bicyclic) bond motifs is 1. The number of hydrogen-bond acceptors (Lipinski definition) is 5. The second-order valence-corrected chi connectivity index (χ2v) is 7.76. The molecule has 1 heterocycles. The number of nitrogens with zero attached hydrogens (tertiary/aromatic N) is 2. The lowest BCUT2D eigenvalue weighted by atomic mass is 10.0. The number of carbonyl (C=O) groups is 3. The molecule has 2 N–H and O–H groups in total. The highest BCUT2D eigenvalue weighted by Crippen LogP contribution is 2.27. The van der Waals surface area contributed by atoms with Gasteiger partial charge in [0.15, 0.2) is 0 Å². The Balaban J connectivity index is 1.94. The molecule has 3 rings (SSSR count).